The molecule has 1 heterocycles. The first-order valence-electron chi connectivity index (χ1n) is 9.94. The fraction of sp³-hybridized carbons (Fsp3) is 0.455. The van der Waals surface area contributed by atoms with Crippen molar-refractivity contribution >= 4 is 15.7 Å². The van der Waals surface area contributed by atoms with E-state index in [4.69, 9.17) is 4.74 Å². The lowest BCUT2D eigenvalue weighted by atomic mass is 10.0. The number of aryl methyl sites for hydroxylation is 2. The molecule has 3 rings (SSSR count). The summed E-state index contributed by atoms with van der Waals surface area (Å²) in [5.41, 5.74) is 4.26. The molecule has 6 nitrogen and oxygen atoms in total. The molecule has 0 unspecified atom stereocenters. The molecule has 2 aromatic carbocycles. The maximum Gasteiger partial charge on any atom is 0.240 e. The first kappa shape index (κ1) is 21.8. The summed E-state index contributed by atoms with van der Waals surface area (Å²) in [5, 5.41) is 0. The van der Waals surface area contributed by atoms with Crippen molar-refractivity contribution in [1.29, 1.82) is 0 Å². The minimum atomic E-state index is -3.58. The summed E-state index contributed by atoms with van der Waals surface area (Å²) < 4.78 is 34.1. The predicted molar refractivity (Wildman–Crippen MR) is 117 cm³/mol. The average Bonchev–Trinajstić information content (AvgIpc) is 2.71. The van der Waals surface area contributed by atoms with Crippen LogP contribution in [0.15, 0.2) is 47.4 Å². The maximum atomic E-state index is 12.9. The number of hydrogen-bond acceptors (Lipinski definition) is 5. The van der Waals surface area contributed by atoms with Crippen LogP contribution in [0, 0.1) is 13.8 Å². The molecule has 0 amide bonds. The molecular formula is C22H31N3O3S. The van der Waals surface area contributed by atoms with Gasteiger partial charge in [0.15, 0.2) is 0 Å². The van der Waals surface area contributed by atoms with Crippen LogP contribution in [0.3, 0.4) is 0 Å². The zero-order valence-corrected chi connectivity index (χ0v) is 18.5. The minimum absolute atomic E-state index is 0.0450. The Morgan fingerprint density at radius 3 is 2.28 bits per heavy atom. The highest BCUT2D eigenvalue weighted by molar-refractivity contribution is 7.89. The molecule has 0 saturated carbocycles. The SMILES string of the molecule is Cc1ccc(S(=O)(=O)NC[C@@H](c2ccc(N(C)C)cc2)N2CCOCC2)cc1C. The molecule has 1 aliphatic rings. The molecule has 1 fully saturated rings. The Hall–Kier alpha value is -1.93. The van der Waals surface area contributed by atoms with Crippen molar-refractivity contribution in [1.82, 2.24) is 9.62 Å². The van der Waals surface area contributed by atoms with E-state index < -0.39 is 10.0 Å². The van der Waals surface area contributed by atoms with Gasteiger partial charge < -0.3 is 9.64 Å². The molecule has 1 aliphatic heterocycles. The Morgan fingerprint density at radius 1 is 1.03 bits per heavy atom. The van der Waals surface area contributed by atoms with E-state index in [0.29, 0.717) is 24.7 Å². The zero-order valence-electron chi connectivity index (χ0n) is 17.7. The van der Waals surface area contributed by atoms with Gasteiger partial charge in [0.25, 0.3) is 0 Å². The fourth-order valence-electron chi connectivity index (χ4n) is 3.49. The summed E-state index contributed by atoms with van der Waals surface area (Å²) in [4.78, 5) is 4.65. The lowest BCUT2D eigenvalue weighted by Gasteiger charge is -2.35. The quantitative estimate of drug-likeness (QED) is 0.751. The van der Waals surface area contributed by atoms with Crippen molar-refractivity contribution in [3.8, 4) is 0 Å². The van der Waals surface area contributed by atoms with E-state index in [0.717, 1.165) is 35.5 Å². The Morgan fingerprint density at radius 2 is 1.69 bits per heavy atom. The maximum absolute atomic E-state index is 12.9. The van der Waals surface area contributed by atoms with Crippen LogP contribution in [-0.4, -0.2) is 60.3 Å². The van der Waals surface area contributed by atoms with E-state index in [1.54, 1.807) is 12.1 Å². The number of rotatable bonds is 7. The van der Waals surface area contributed by atoms with E-state index in [2.05, 4.69) is 38.8 Å². The van der Waals surface area contributed by atoms with Gasteiger partial charge in [-0.2, -0.15) is 0 Å². The highest BCUT2D eigenvalue weighted by Crippen LogP contribution is 2.24. The number of sulfonamides is 1. The predicted octanol–water partition coefficient (Wildman–Crippen LogP) is 2.72. The molecule has 0 radical (unpaired) electrons. The number of anilines is 1. The smallest absolute Gasteiger partial charge is 0.240 e. The Bertz CT molecular complexity index is 921. The van der Waals surface area contributed by atoms with E-state index in [1.165, 1.54) is 0 Å². The molecule has 2 aromatic rings. The highest BCUT2D eigenvalue weighted by Gasteiger charge is 2.25. The molecule has 0 aliphatic carbocycles. The van der Waals surface area contributed by atoms with Gasteiger partial charge in [0.05, 0.1) is 18.1 Å². The van der Waals surface area contributed by atoms with Crippen LogP contribution in [0.2, 0.25) is 0 Å². The van der Waals surface area contributed by atoms with Gasteiger partial charge in [-0.1, -0.05) is 18.2 Å². The van der Waals surface area contributed by atoms with Crippen LogP contribution < -0.4 is 9.62 Å². The molecule has 1 atom stereocenters. The lowest BCUT2D eigenvalue weighted by molar-refractivity contribution is 0.0172. The van der Waals surface area contributed by atoms with Crippen molar-refractivity contribution in [3.63, 3.8) is 0 Å². The van der Waals surface area contributed by atoms with Gasteiger partial charge in [0.2, 0.25) is 10.0 Å². The second-order valence-corrected chi connectivity index (χ2v) is 9.52. The Kier molecular flexibility index (Phi) is 6.95. The number of hydrogen-bond donors (Lipinski definition) is 1. The van der Waals surface area contributed by atoms with Gasteiger partial charge in [0.1, 0.15) is 0 Å². The van der Waals surface area contributed by atoms with Crippen molar-refractivity contribution in [3.05, 3.63) is 59.2 Å². The third-order valence-electron chi connectivity index (χ3n) is 5.54. The third kappa shape index (κ3) is 5.36. The second-order valence-electron chi connectivity index (χ2n) is 7.75. The van der Waals surface area contributed by atoms with Crippen LogP contribution in [0.1, 0.15) is 22.7 Å². The van der Waals surface area contributed by atoms with Crippen LogP contribution in [-0.2, 0) is 14.8 Å². The normalized spacial score (nSPS) is 16.6. The first-order chi connectivity index (χ1) is 13.8. The van der Waals surface area contributed by atoms with Gasteiger partial charge >= 0.3 is 0 Å². The van der Waals surface area contributed by atoms with Crippen molar-refractivity contribution in [2.24, 2.45) is 0 Å². The topological polar surface area (TPSA) is 61.9 Å². The molecule has 1 N–H and O–H groups in total. The van der Waals surface area contributed by atoms with Gasteiger partial charge in [-0.3, -0.25) is 4.90 Å². The summed E-state index contributed by atoms with van der Waals surface area (Å²) in [7, 11) is 0.433. The summed E-state index contributed by atoms with van der Waals surface area (Å²) in [6.07, 6.45) is 0. The van der Waals surface area contributed by atoms with E-state index in [9.17, 15) is 8.42 Å². The summed E-state index contributed by atoms with van der Waals surface area (Å²) >= 11 is 0. The molecule has 7 heteroatoms. The molecule has 0 bridgehead atoms. The summed E-state index contributed by atoms with van der Waals surface area (Å²) in [6.45, 7) is 7.11. The Labute approximate surface area is 174 Å². The monoisotopic (exact) mass is 417 g/mol. The number of nitrogens with zero attached hydrogens (tertiary/aromatic N) is 2. The summed E-state index contributed by atoms with van der Waals surface area (Å²) in [6, 6.07) is 13.5. The number of benzene rings is 2. The largest absolute Gasteiger partial charge is 0.379 e. The number of nitrogens with one attached hydrogen (secondary N) is 1. The van der Waals surface area contributed by atoms with Crippen molar-refractivity contribution < 1.29 is 13.2 Å². The van der Waals surface area contributed by atoms with Gasteiger partial charge in [-0.25, -0.2) is 13.1 Å². The van der Waals surface area contributed by atoms with Crippen LogP contribution in [0.25, 0.3) is 0 Å². The standard InChI is InChI=1S/C22H31N3O3S/c1-17-5-10-21(15-18(17)2)29(26,27)23-16-22(25-11-13-28-14-12-25)19-6-8-20(9-7-19)24(3)4/h5-10,15,22-23H,11-14,16H2,1-4H3/t22-/m0/s1. The summed E-state index contributed by atoms with van der Waals surface area (Å²) in [5.74, 6) is 0. The Balaban J connectivity index is 1.81. The van der Waals surface area contributed by atoms with E-state index in [-0.39, 0.29) is 6.04 Å². The number of ether oxygens (including phenoxy) is 1. The van der Waals surface area contributed by atoms with Gasteiger partial charge in [-0.05, 0) is 54.8 Å². The zero-order chi connectivity index (χ0) is 21.0. The molecule has 158 valence electrons. The molecule has 29 heavy (non-hydrogen) atoms. The van der Waals surface area contributed by atoms with Crippen LogP contribution in [0.5, 0.6) is 0 Å². The average molecular weight is 418 g/mol. The molecule has 0 spiro atoms. The first-order valence-corrected chi connectivity index (χ1v) is 11.4. The number of morpholine rings is 1. The van der Waals surface area contributed by atoms with Crippen molar-refractivity contribution in [2.75, 3.05) is 51.8 Å². The van der Waals surface area contributed by atoms with E-state index in [1.807, 2.05) is 34.0 Å². The second kappa shape index (κ2) is 9.26. The molecular weight excluding hydrogens is 386 g/mol. The third-order valence-corrected chi connectivity index (χ3v) is 6.96. The molecule has 1 saturated heterocycles. The van der Waals surface area contributed by atoms with Gasteiger partial charge in [-0.15, -0.1) is 0 Å². The van der Waals surface area contributed by atoms with Gasteiger partial charge in [0, 0.05) is 45.5 Å². The fourth-order valence-corrected chi connectivity index (χ4v) is 4.62. The van der Waals surface area contributed by atoms with Crippen molar-refractivity contribution in [2.45, 2.75) is 24.8 Å². The lowest BCUT2D eigenvalue weighted by Crippen LogP contribution is -2.43. The molecule has 0 aromatic heterocycles. The minimum Gasteiger partial charge on any atom is -0.379 e. The van der Waals surface area contributed by atoms with Crippen LogP contribution in [0.4, 0.5) is 5.69 Å². The van der Waals surface area contributed by atoms with Crippen LogP contribution >= 0.6 is 0 Å². The highest BCUT2D eigenvalue weighted by atomic mass is 32.2. The van der Waals surface area contributed by atoms with E-state index >= 15 is 0 Å².